The first-order chi connectivity index (χ1) is 7.72. The van der Waals surface area contributed by atoms with Crippen LogP contribution in [0.2, 0.25) is 0 Å². The average molecular weight is 226 g/mol. The fourth-order valence-electron chi connectivity index (χ4n) is 2.96. The smallest absolute Gasteiger partial charge is 0.0601 e. The molecule has 0 aromatic carbocycles. The summed E-state index contributed by atoms with van der Waals surface area (Å²) in [5.74, 6) is 0. The van der Waals surface area contributed by atoms with E-state index >= 15 is 0 Å². The van der Waals surface area contributed by atoms with Crippen LogP contribution in [0.3, 0.4) is 0 Å². The molecule has 0 spiro atoms. The summed E-state index contributed by atoms with van der Waals surface area (Å²) in [7, 11) is 1.80. The predicted octanol–water partition coefficient (Wildman–Crippen LogP) is 1.81. The second-order valence-corrected chi connectivity index (χ2v) is 5.65. The van der Waals surface area contributed by atoms with Gasteiger partial charge >= 0.3 is 0 Å². The van der Waals surface area contributed by atoms with E-state index in [1.165, 1.54) is 44.9 Å². The quantitative estimate of drug-likeness (QED) is 0.751. The van der Waals surface area contributed by atoms with Crippen LogP contribution in [0.1, 0.15) is 51.4 Å². The molecule has 2 aliphatic rings. The Hall–Kier alpha value is -0.120. The topological polar surface area (TPSA) is 47.3 Å². The minimum absolute atomic E-state index is 0.135. The highest BCUT2D eigenvalue weighted by atomic mass is 16.5. The number of rotatable bonds is 5. The Kier molecular flexibility index (Phi) is 4.22. The molecule has 0 amide bonds. The molecule has 0 unspecified atom stereocenters. The molecule has 0 saturated heterocycles. The minimum atomic E-state index is 0.135. The van der Waals surface area contributed by atoms with Gasteiger partial charge < -0.3 is 15.8 Å². The van der Waals surface area contributed by atoms with E-state index in [-0.39, 0.29) is 5.54 Å². The van der Waals surface area contributed by atoms with Crippen molar-refractivity contribution in [1.29, 1.82) is 0 Å². The predicted molar refractivity (Wildman–Crippen MR) is 66.4 cm³/mol. The van der Waals surface area contributed by atoms with Gasteiger partial charge in [0.25, 0.3) is 0 Å². The van der Waals surface area contributed by atoms with Crippen LogP contribution in [-0.4, -0.2) is 31.3 Å². The number of hydrogen-bond acceptors (Lipinski definition) is 3. The van der Waals surface area contributed by atoms with Gasteiger partial charge in [-0.25, -0.2) is 0 Å². The number of ether oxygens (including phenoxy) is 1. The molecule has 3 heteroatoms. The summed E-state index contributed by atoms with van der Waals surface area (Å²) in [5.41, 5.74) is 6.53. The zero-order chi connectivity index (χ0) is 11.4. The van der Waals surface area contributed by atoms with Crippen LogP contribution in [0.5, 0.6) is 0 Å². The maximum Gasteiger partial charge on any atom is 0.0601 e. The van der Waals surface area contributed by atoms with Crippen LogP contribution in [-0.2, 0) is 4.74 Å². The molecule has 94 valence electrons. The lowest BCUT2D eigenvalue weighted by Crippen LogP contribution is -2.49. The molecule has 2 fully saturated rings. The molecule has 0 radical (unpaired) electrons. The molecule has 0 aliphatic heterocycles. The Morgan fingerprint density at radius 1 is 1.25 bits per heavy atom. The van der Waals surface area contributed by atoms with Crippen molar-refractivity contribution in [3.63, 3.8) is 0 Å². The van der Waals surface area contributed by atoms with E-state index in [9.17, 15) is 0 Å². The SMILES string of the molecule is COC1CC(NCCC2(N)CCCCC2)C1. The Morgan fingerprint density at radius 2 is 1.94 bits per heavy atom. The molecule has 0 aromatic rings. The highest BCUT2D eigenvalue weighted by Crippen LogP contribution is 2.29. The van der Waals surface area contributed by atoms with Crippen molar-refractivity contribution in [3.8, 4) is 0 Å². The third-order valence-electron chi connectivity index (χ3n) is 4.33. The van der Waals surface area contributed by atoms with E-state index in [0.29, 0.717) is 12.1 Å². The number of nitrogens with one attached hydrogen (secondary N) is 1. The maximum atomic E-state index is 6.39. The van der Waals surface area contributed by atoms with Gasteiger partial charge in [0.2, 0.25) is 0 Å². The summed E-state index contributed by atoms with van der Waals surface area (Å²) in [6.07, 6.45) is 10.5. The largest absolute Gasteiger partial charge is 0.381 e. The van der Waals surface area contributed by atoms with E-state index in [4.69, 9.17) is 10.5 Å². The highest BCUT2D eigenvalue weighted by Gasteiger charge is 2.30. The van der Waals surface area contributed by atoms with Crippen molar-refractivity contribution in [2.45, 2.75) is 69.1 Å². The lowest BCUT2D eigenvalue weighted by molar-refractivity contribution is 0.0169. The zero-order valence-corrected chi connectivity index (χ0v) is 10.5. The minimum Gasteiger partial charge on any atom is -0.381 e. The summed E-state index contributed by atoms with van der Waals surface area (Å²) in [5, 5.41) is 3.60. The molecule has 2 aliphatic carbocycles. The first kappa shape index (κ1) is 12.3. The summed E-state index contributed by atoms with van der Waals surface area (Å²) < 4.78 is 5.27. The van der Waals surface area contributed by atoms with Gasteiger partial charge in [-0.05, 0) is 38.6 Å². The summed E-state index contributed by atoms with van der Waals surface area (Å²) in [6, 6.07) is 0.678. The lowest BCUT2D eigenvalue weighted by atomic mass is 9.80. The standard InChI is InChI=1S/C13H26N2O/c1-16-12-9-11(10-12)15-8-7-13(14)5-3-2-4-6-13/h11-12,15H,2-10,14H2,1H3. The van der Waals surface area contributed by atoms with Crippen LogP contribution in [0.4, 0.5) is 0 Å². The van der Waals surface area contributed by atoms with Gasteiger partial charge in [-0.3, -0.25) is 0 Å². The lowest BCUT2D eigenvalue weighted by Gasteiger charge is -2.37. The van der Waals surface area contributed by atoms with Gasteiger partial charge in [-0.2, -0.15) is 0 Å². The van der Waals surface area contributed by atoms with E-state index in [0.717, 1.165) is 13.0 Å². The zero-order valence-electron chi connectivity index (χ0n) is 10.5. The monoisotopic (exact) mass is 226 g/mol. The Bertz CT molecular complexity index is 208. The molecule has 2 saturated carbocycles. The number of methoxy groups -OCH3 is 1. The van der Waals surface area contributed by atoms with Crippen molar-refractivity contribution in [2.75, 3.05) is 13.7 Å². The van der Waals surface area contributed by atoms with Gasteiger partial charge in [-0.1, -0.05) is 19.3 Å². The molecule has 0 heterocycles. The van der Waals surface area contributed by atoms with Gasteiger partial charge in [0.1, 0.15) is 0 Å². The Balaban J connectivity index is 1.57. The fourth-order valence-corrected chi connectivity index (χ4v) is 2.96. The van der Waals surface area contributed by atoms with Crippen molar-refractivity contribution in [1.82, 2.24) is 5.32 Å². The van der Waals surface area contributed by atoms with E-state index in [2.05, 4.69) is 5.32 Å². The van der Waals surface area contributed by atoms with Gasteiger partial charge in [0, 0.05) is 18.7 Å². The van der Waals surface area contributed by atoms with Crippen molar-refractivity contribution >= 4 is 0 Å². The first-order valence-electron chi connectivity index (χ1n) is 6.77. The summed E-state index contributed by atoms with van der Waals surface area (Å²) in [4.78, 5) is 0. The molecule has 0 aromatic heterocycles. The third kappa shape index (κ3) is 3.19. The maximum absolute atomic E-state index is 6.39. The summed E-state index contributed by atoms with van der Waals surface area (Å²) in [6.45, 7) is 1.08. The normalized spacial score (nSPS) is 33.4. The van der Waals surface area contributed by atoms with Crippen LogP contribution < -0.4 is 11.1 Å². The molecule has 0 atom stereocenters. The van der Waals surface area contributed by atoms with Crippen molar-refractivity contribution in [2.24, 2.45) is 5.73 Å². The molecular formula is C13H26N2O. The van der Waals surface area contributed by atoms with Crippen molar-refractivity contribution in [3.05, 3.63) is 0 Å². The van der Waals surface area contributed by atoms with Crippen molar-refractivity contribution < 1.29 is 4.74 Å². The molecule has 3 nitrogen and oxygen atoms in total. The second-order valence-electron chi connectivity index (χ2n) is 5.65. The van der Waals surface area contributed by atoms with E-state index < -0.39 is 0 Å². The van der Waals surface area contributed by atoms with E-state index in [1.54, 1.807) is 7.11 Å². The molecular weight excluding hydrogens is 200 g/mol. The average Bonchev–Trinajstić information content (AvgIpc) is 2.22. The second kappa shape index (κ2) is 5.48. The van der Waals surface area contributed by atoms with Gasteiger partial charge in [0.05, 0.1) is 6.10 Å². The summed E-state index contributed by atoms with van der Waals surface area (Å²) >= 11 is 0. The third-order valence-corrected chi connectivity index (χ3v) is 4.33. The van der Waals surface area contributed by atoms with Gasteiger partial charge in [-0.15, -0.1) is 0 Å². The molecule has 2 rings (SSSR count). The molecule has 0 bridgehead atoms. The van der Waals surface area contributed by atoms with Crippen LogP contribution >= 0.6 is 0 Å². The molecule has 3 N–H and O–H groups in total. The fraction of sp³-hybridized carbons (Fsp3) is 1.00. The number of hydrogen-bond donors (Lipinski definition) is 2. The Labute approximate surface area is 99.1 Å². The highest BCUT2D eigenvalue weighted by molar-refractivity contribution is 4.90. The van der Waals surface area contributed by atoms with Crippen LogP contribution in [0.25, 0.3) is 0 Å². The van der Waals surface area contributed by atoms with E-state index in [1.807, 2.05) is 0 Å². The van der Waals surface area contributed by atoms with Crippen LogP contribution in [0, 0.1) is 0 Å². The number of nitrogens with two attached hydrogens (primary N) is 1. The van der Waals surface area contributed by atoms with Crippen LogP contribution in [0.15, 0.2) is 0 Å². The first-order valence-corrected chi connectivity index (χ1v) is 6.77. The molecule has 16 heavy (non-hydrogen) atoms. The Morgan fingerprint density at radius 3 is 2.56 bits per heavy atom. The van der Waals surface area contributed by atoms with Gasteiger partial charge in [0.15, 0.2) is 0 Å².